The van der Waals surface area contributed by atoms with E-state index >= 15 is 0 Å². The number of aliphatic hydroxyl groups is 1. The van der Waals surface area contributed by atoms with Gasteiger partial charge in [0.25, 0.3) is 0 Å². The lowest BCUT2D eigenvalue weighted by Crippen LogP contribution is -2.22. The zero-order valence-electron chi connectivity index (χ0n) is 11.8. The molecule has 1 heterocycles. The van der Waals surface area contributed by atoms with Crippen molar-refractivity contribution in [2.24, 2.45) is 0 Å². The van der Waals surface area contributed by atoms with E-state index in [2.05, 4.69) is 4.90 Å². The molecule has 0 aliphatic carbocycles. The molecule has 0 radical (unpaired) electrons. The SMILES string of the molecule is CCC(O)c1ccccc1OCCCN1CCCC1. The van der Waals surface area contributed by atoms with Crippen LogP contribution in [0.5, 0.6) is 5.75 Å². The van der Waals surface area contributed by atoms with Gasteiger partial charge in [0.1, 0.15) is 5.75 Å². The zero-order valence-corrected chi connectivity index (χ0v) is 11.8. The normalized spacial score (nSPS) is 17.6. The van der Waals surface area contributed by atoms with E-state index in [9.17, 15) is 5.11 Å². The van der Waals surface area contributed by atoms with Gasteiger partial charge in [-0.25, -0.2) is 0 Å². The minimum atomic E-state index is -0.421. The summed E-state index contributed by atoms with van der Waals surface area (Å²) in [5, 5.41) is 9.95. The highest BCUT2D eigenvalue weighted by Crippen LogP contribution is 2.26. The lowest BCUT2D eigenvalue weighted by molar-refractivity contribution is 0.166. The first-order valence-electron chi connectivity index (χ1n) is 7.43. The molecule has 1 N–H and O–H groups in total. The molecular formula is C16H25NO2. The standard InChI is InChI=1S/C16H25NO2/c1-2-15(18)14-8-3-4-9-16(14)19-13-7-12-17-10-5-6-11-17/h3-4,8-9,15,18H,2,5-7,10-13H2,1H3. The third kappa shape index (κ3) is 4.22. The molecule has 2 rings (SSSR count). The first-order valence-corrected chi connectivity index (χ1v) is 7.43. The smallest absolute Gasteiger partial charge is 0.125 e. The van der Waals surface area contributed by atoms with Crippen molar-refractivity contribution in [3.8, 4) is 5.75 Å². The zero-order chi connectivity index (χ0) is 13.5. The molecule has 1 unspecified atom stereocenters. The van der Waals surface area contributed by atoms with Gasteiger partial charge in [-0.05, 0) is 44.8 Å². The Morgan fingerprint density at radius 2 is 2.00 bits per heavy atom. The maximum atomic E-state index is 9.95. The number of likely N-dealkylation sites (tertiary alicyclic amines) is 1. The summed E-state index contributed by atoms with van der Waals surface area (Å²) in [6, 6.07) is 7.81. The van der Waals surface area contributed by atoms with Crippen LogP contribution in [0.3, 0.4) is 0 Å². The lowest BCUT2D eigenvalue weighted by atomic mass is 10.1. The van der Waals surface area contributed by atoms with Gasteiger partial charge in [-0.3, -0.25) is 0 Å². The quantitative estimate of drug-likeness (QED) is 0.768. The van der Waals surface area contributed by atoms with Crippen molar-refractivity contribution in [2.75, 3.05) is 26.2 Å². The van der Waals surface area contributed by atoms with Crippen LogP contribution in [0.25, 0.3) is 0 Å². The van der Waals surface area contributed by atoms with Gasteiger partial charge in [0.2, 0.25) is 0 Å². The Morgan fingerprint density at radius 3 is 2.74 bits per heavy atom. The summed E-state index contributed by atoms with van der Waals surface area (Å²) in [5.41, 5.74) is 0.908. The van der Waals surface area contributed by atoms with E-state index in [-0.39, 0.29) is 0 Å². The molecule has 106 valence electrons. The van der Waals surface area contributed by atoms with Crippen molar-refractivity contribution >= 4 is 0 Å². The van der Waals surface area contributed by atoms with Gasteiger partial charge in [-0.2, -0.15) is 0 Å². The van der Waals surface area contributed by atoms with Crippen molar-refractivity contribution < 1.29 is 9.84 Å². The molecular weight excluding hydrogens is 238 g/mol. The Bertz CT molecular complexity index is 375. The largest absolute Gasteiger partial charge is 0.493 e. The Hall–Kier alpha value is -1.06. The average Bonchev–Trinajstić information content (AvgIpc) is 2.96. The fourth-order valence-corrected chi connectivity index (χ4v) is 2.58. The summed E-state index contributed by atoms with van der Waals surface area (Å²) in [7, 11) is 0. The Morgan fingerprint density at radius 1 is 1.26 bits per heavy atom. The lowest BCUT2D eigenvalue weighted by Gasteiger charge is -2.17. The highest BCUT2D eigenvalue weighted by molar-refractivity contribution is 5.34. The van der Waals surface area contributed by atoms with E-state index in [1.54, 1.807) is 0 Å². The van der Waals surface area contributed by atoms with Crippen molar-refractivity contribution in [1.82, 2.24) is 4.90 Å². The van der Waals surface area contributed by atoms with Gasteiger partial charge >= 0.3 is 0 Å². The second-order valence-electron chi connectivity index (χ2n) is 5.21. The van der Waals surface area contributed by atoms with Crippen LogP contribution in [-0.2, 0) is 0 Å². The molecule has 1 saturated heterocycles. The second kappa shape index (κ2) is 7.51. The number of hydrogen-bond donors (Lipinski definition) is 1. The molecule has 0 amide bonds. The minimum Gasteiger partial charge on any atom is -0.493 e. The molecule has 3 nitrogen and oxygen atoms in total. The molecule has 0 spiro atoms. The van der Waals surface area contributed by atoms with Crippen LogP contribution in [0, 0.1) is 0 Å². The number of hydrogen-bond acceptors (Lipinski definition) is 3. The van der Waals surface area contributed by atoms with Gasteiger partial charge in [-0.15, -0.1) is 0 Å². The number of nitrogens with zero attached hydrogens (tertiary/aromatic N) is 1. The number of aliphatic hydroxyl groups excluding tert-OH is 1. The summed E-state index contributed by atoms with van der Waals surface area (Å²) < 4.78 is 5.83. The molecule has 1 aromatic rings. The topological polar surface area (TPSA) is 32.7 Å². The molecule has 1 fully saturated rings. The first kappa shape index (κ1) is 14.4. The Labute approximate surface area is 116 Å². The molecule has 0 bridgehead atoms. The third-order valence-corrected chi connectivity index (χ3v) is 3.74. The Balaban J connectivity index is 1.78. The fourth-order valence-electron chi connectivity index (χ4n) is 2.58. The summed E-state index contributed by atoms with van der Waals surface area (Å²) in [6.45, 7) is 6.31. The summed E-state index contributed by atoms with van der Waals surface area (Å²) in [6.07, 6.45) is 4.03. The van der Waals surface area contributed by atoms with Crippen LogP contribution in [0.15, 0.2) is 24.3 Å². The predicted octanol–water partition coefficient (Wildman–Crippen LogP) is 2.99. The average molecular weight is 263 g/mol. The first-order chi connectivity index (χ1) is 9.31. The van der Waals surface area contributed by atoms with E-state index in [1.165, 1.54) is 25.9 Å². The van der Waals surface area contributed by atoms with E-state index in [4.69, 9.17) is 4.74 Å². The maximum absolute atomic E-state index is 9.95. The van der Waals surface area contributed by atoms with Crippen LogP contribution in [0.1, 0.15) is 44.3 Å². The number of benzene rings is 1. The van der Waals surface area contributed by atoms with Crippen molar-refractivity contribution in [3.05, 3.63) is 29.8 Å². The molecule has 1 atom stereocenters. The van der Waals surface area contributed by atoms with Crippen LogP contribution in [0.4, 0.5) is 0 Å². The van der Waals surface area contributed by atoms with Crippen molar-refractivity contribution in [1.29, 1.82) is 0 Å². The van der Waals surface area contributed by atoms with Gasteiger partial charge < -0.3 is 14.7 Å². The predicted molar refractivity (Wildman–Crippen MR) is 77.5 cm³/mol. The summed E-state index contributed by atoms with van der Waals surface area (Å²) in [4.78, 5) is 2.50. The van der Waals surface area contributed by atoms with Gasteiger partial charge in [-0.1, -0.05) is 25.1 Å². The Kier molecular flexibility index (Phi) is 5.67. The van der Waals surface area contributed by atoms with Gasteiger partial charge in [0.15, 0.2) is 0 Å². The van der Waals surface area contributed by atoms with E-state index in [1.807, 2.05) is 31.2 Å². The number of para-hydroxylation sites is 1. The molecule has 19 heavy (non-hydrogen) atoms. The number of ether oxygens (including phenoxy) is 1. The van der Waals surface area contributed by atoms with Crippen LogP contribution in [0.2, 0.25) is 0 Å². The second-order valence-corrected chi connectivity index (χ2v) is 5.21. The fraction of sp³-hybridized carbons (Fsp3) is 0.625. The highest BCUT2D eigenvalue weighted by Gasteiger charge is 2.12. The minimum absolute atomic E-state index is 0.421. The van der Waals surface area contributed by atoms with Crippen LogP contribution < -0.4 is 4.74 Å². The van der Waals surface area contributed by atoms with Crippen LogP contribution in [-0.4, -0.2) is 36.2 Å². The summed E-state index contributed by atoms with van der Waals surface area (Å²) >= 11 is 0. The van der Waals surface area contributed by atoms with Crippen molar-refractivity contribution in [3.63, 3.8) is 0 Å². The number of rotatable bonds is 7. The third-order valence-electron chi connectivity index (χ3n) is 3.74. The molecule has 3 heteroatoms. The van der Waals surface area contributed by atoms with Gasteiger partial charge in [0.05, 0.1) is 12.7 Å². The van der Waals surface area contributed by atoms with Crippen molar-refractivity contribution in [2.45, 2.75) is 38.7 Å². The summed E-state index contributed by atoms with van der Waals surface area (Å²) in [5.74, 6) is 0.832. The molecule has 0 aromatic heterocycles. The van der Waals surface area contributed by atoms with E-state index in [0.29, 0.717) is 6.42 Å². The molecule has 1 aliphatic rings. The molecule has 0 saturated carbocycles. The highest BCUT2D eigenvalue weighted by atomic mass is 16.5. The molecule has 1 aromatic carbocycles. The van der Waals surface area contributed by atoms with Crippen LogP contribution >= 0.6 is 0 Å². The molecule has 1 aliphatic heterocycles. The van der Waals surface area contributed by atoms with Gasteiger partial charge in [0, 0.05) is 12.1 Å². The van der Waals surface area contributed by atoms with E-state index in [0.717, 1.165) is 30.9 Å². The van der Waals surface area contributed by atoms with E-state index < -0.39 is 6.10 Å². The maximum Gasteiger partial charge on any atom is 0.125 e. The monoisotopic (exact) mass is 263 g/mol.